The van der Waals surface area contributed by atoms with Gasteiger partial charge in [-0.25, -0.2) is 0 Å². The summed E-state index contributed by atoms with van der Waals surface area (Å²) in [6, 6.07) is -0.480. The van der Waals surface area contributed by atoms with Gasteiger partial charge in [-0.2, -0.15) is 0 Å². The number of hydrogen-bond acceptors (Lipinski definition) is 4. The molecule has 0 aliphatic rings. The quantitative estimate of drug-likeness (QED) is 0.590. The topological polar surface area (TPSA) is 73.6 Å². The normalized spacial score (nSPS) is 13.6. The van der Waals surface area contributed by atoms with Crippen LogP contribution in [0.1, 0.15) is 26.7 Å². The van der Waals surface area contributed by atoms with Crippen molar-refractivity contribution < 1.29 is 14.3 Å². The van der Waals surface area contributed by atoms with Crippen LogP contribution in [0.3, 0.4) is 0 Å². The predicted molar refractivity (Wildman–Crippen MR) is 63.2 cm³/mol. The molecule has 96 valence electrons. The zero-order chi connectivity index (χ0) is 12.6. The molecule has 0 aromatic heterocycles. The van der Waals surface area contributed by atoms with Gasteiger partial charge in [0.25, 0.3) is 0 Å². The number of carbonyl (C=O) groups is 1. The van der Waals surface area contributed by atoms with Gasteiger partial charge in [-0.1, -0.05) is 0 Å². The van der Waals surface area contributed by atoms with Crippen LogP contribution in [0.2, 0.25) is 0 Å². The first-order chi connectivity index (χ1) is 7.43. The lowest BCUT2D eigenvalue weighted by atomic mass is 10.1. The highest BCUT2D eigenvalue weighted by molar-refractivity contribution is 5.82. The van der Waals surface area contributed by atoms with Gasteiger partial charge in [-0.05, 0) is 26.7 Å². The molecule has 16 heavy (non-hydrogen) atoms. The van der Waals surface area contributed by atoms with Crippen molar-refractivity contribution in [3.8, 4) is 0 Å². The summed E-state index contributed by atoms with van der Waals surface area (Å²) in [7, 11) is 3.24. The largest absolute Gasteiger partial charge is 0.385 e. The highest BCUT2D eigenvalue weighted by Gasteiger charge is 2.23. The summed E-state index contributed by atoms with van der Waals surface area (Å²) in [6.07, 6.45) is 1.42. The van der Waals surface area contributed by atoms with Crippen molar-refractivity contribution >= 4 is 5.91 Å². The second-order valence-electron chi connectivity index (χ2n) is 4.55. The molecule has 0 aromatic rings. The molecule has 0 saturated heterocycles. The summed E-state index contributed by atoms with van der Waals surface area (Å²) in [5, 5.41) is 2.85. The number of ether oxygens (including phenoxy) is 2. The van der Waals surface area contributed by atoms with Crippen molar-refractivity contribution in [1.29, 1.82) is 0 Å². The van der Waals surface area contributed by atoms with Crippen LogP contribution in [0.15, 0.2) is 0 Å². The van der Waals surface area contributed by atoms with E-state index in [4.69, 9.17) is 15.2 Å². The summed E-state index contributed by atoms with van der Waals surface area (Å²) in [5.41, 5.74) is 5.37. The molecule has 1 amide bonds. The van der Waals surface area contributed by atoms with E-state index >= 15 is 0 Å². The molecule has 5 heteroatoms. The Morgan fingerprint density at radius 1 is 1.38 bits per heavy atom. The van der Waals surface area contributed by atoms with Crippen LogP contribution in [0, 0.1) is 0 Å². The maximum Gasteiger partial charge on any atom is 0.237 e. The molecular weight excluding hydrogens is 208 g/mol. The summed E-state index contributed by atoms with van der Waals surface area (Å²) in [4.78, 5) is 11.7. The number of methoxy groups -OCH3 is 2. The van der Waals surface area contributed by atoms with Gasteiger partial charge in [0.15, 0.2) is 0 Å². The maximum atomic E-state index is 11.7. The molecule has 0 fully saturated rings. The van der Waals surface area contributed by atoms with E-state index in [2.05, 4.69) is 5.32 Å². The Hall–Kier alpha value is -0.650. The molecule has 0 aliphatic heterocycles. The van der Waals surface area contributed by atoms with Crippen LogP contribution in [-0.4, -0.2) is 44.9 Å². The summed E-state index contributed by atoms with van der Waals surface area (Å²) >= 11 is 0. The summed E-state index contributed by atoms with van der Waals surface area (Å²) in [6.45, 7) is 4.89. The predicted octanol–water partition coefficient (Wildman–Crippen LogP) is 0.282. The van der Waals surface area contributed by atoms with Crippen LogP contribution in [-0.2, 0) is 14.3 Å². The molecule has 1 atom stereocenters. The molecular formula is C11H24N2O3. The third-order valence-corrected chi connectivity index (χ3v) is 2.17. The average Bonchev–Trinajstić information content (AvgIpc) is 2.16. The van der Waals surface area contributed by atoms with Gasteiger partial charge in [0.2, 0.25) is 5.91 Å². The van der Waals surface area contributed by atoms with E-state index in [1.54, 1.807) is 14.2 Å². The molecule has 0 radical (unpaired) electrons. The second-order valence-corrected chi connectivity index (χ2v) is 4.55. The Kier molecular flexibility index (Phi) is 7.29. The van der Waals surface area contributed by atoms with Gasteiger partial charge >= 0.3 is 0 Å². The zero-order valence-corrected chi connectivity index (χ0v) is 10.7. The first kappa shape index (κ1) is 15.3. The number of carbonyl (C=O) groups excluding carboxylic acids is 1. The van der Waals surface area contributed by atoms with Gasteiger partial charge in [0.05, 0.1) is 18.2 Å². The average molecular weight is 232 g/mol. The van der Waals surface area contributed by atoms with E-state index in [1.165, 1.54) is 0 Å². The van der Waals surface area contributed by atoms with Gasteiger partial charge < -0.3 is 20.5 Å². The van der Waals surface area contributed by atoms with Crippen LogP contribution in [0.5, 0.6) is 0 Å². The molecule has 0 aromatic carbocycles. The fourth-order valence-corrected chi connectivity index (χ4v) is 1.40. The fourth-order valence-electron chi connectivity index (χ4n) is 1.40. The van der Waals surface area contributed by atoms with E-state index in [-0.39, 0.29) is 11.4 Å². The Labute approximate surface area is 97.7 Å². The minimum absolute atomic E-state index is 0.141. The van der Waals surface area contributed by atoms with Crippen LogP contribution < -0.4 is 11.1 Å². The van der Waals surface area contributed by atoms with Crippen LogP contribution in [0.25, 0.3) is 0 Å². The summed E-state index contributed by atoms with van der Waals surface area (Å²) < 4.78 is 9.91. The minimum atomic E-state index is -0.480. The molecule has 3 N–H and O–H groups in total. The lowest BCUT2D eigenvalue weighted by Gasteiger charge is -2.27. The van der Waals surface area contributed by atoms with Gasteiger partial charge in [-0.15, -0.1) is 0 Å². The zero-order valence-electron chi connectivity index (χ0n) is 10.7. The Balaban J connectivity index is 3.94. The second kappa shape index (κ2) is 7.60. The number of nitrogens with two attached hydrogens (primary N) is 1. The third kappa shape index (κ3) is 6.76. The maximum absolute atomic E-state index is 11.7. The SMILES string of the molecule is COCCCC(N)C(=O)NC(C)(C)COC. The molecule has 0 aliphatic carbocycles. The molecule has 0 bridgehead atoms. The van der Waals surface area contributed by atoms with Crippen molar-refractivity contribution in [1.82, 2.24) is 5.32 Å². The van der Waals surface area contributed by atoms with Gasteiger partial charge in [-0.3, -0.25) is 4.79 Å². The van der Waals surface area contributed by atoms with Crippen LogP contribution >= 0.6 is 0 Å². The first-order valence-corrected chi connectivity index (χ1v) is 5.48. The van der Waals surface area contributed by atoms with E-state index in [1.807, 2.05) is 13.8 Å². The third-order valence-electron chi connectivity index (χ3n) is 2.17. The Morgan fingerprint density at radius 3 is 2.50 bits per heavy atom. The summed E-state index contributed by atoms with van der Waals surface area (Å²) in [5.74, 6) is -0.141. The van der Waals surface area contributed by atoms with Crippen molar-refractivity contribution in [2.75, 3.05) is 27.4 Å². The van der Waals surface area contributed by atoms with Crippen molar-refractivity contribution in [3.05, 3.63) is 0 Å². The number of nitrogens with one attached hydrogen (secondary N) is 1. The highest BCUT2D eigenvalue weighted by Crippen LogP contribution is 2.04. The first-order valence-electron chi connectivity index (χ1n) is 5.48. The molecule has 5 nitrogen and oxygen atoms in total. The van der Waals surface area contributed by atoms with E-state index in [0.29, 0.717) is 19.6 Å². The Bertz CT molecular complexity index is 207. The smallest absolute Gasteiger partial charge is 0.237 e. The lowest BCUT2D eigenvalue weighted by molar-refractivity contribution is -0.124. The highest BCUT2D eigenvalue weighted by atomic mass is 16.5. The molecule has 0 saturated carbocycles. The lowest BCUT2D eigenvalue weighted by Crippen LogP contribution is -2.52. The van der Waals surface area contributed by atoms with Crippen LogP contribution in [0.4, 0.5) is 0 Å². The monoisotopic (exact) mass is 232 g/mol. The van der Waals surface area contributed by atoms with Crippen molar-refractivity contribution in [3.63, 3.8) is 0 Å². The van der Waals surface area contributed by atoms with Gasteiger partial charge in [0.1, 0.15) is 0 Å². The minimum Gasteiger partial charge on any atom is -0.385 e. The van der Waals surface area contributed by atoms with Crippen molar-refractivity contribution in [2.24, 2.45) is 5.73 Å². The van der Waals surface area contributed by atoms with E-state index in [0.717, 1.165) is 6.42 Å². The standard InChI is InChI=1S/C11H24N2O3/c1-11(2,8-16-4)13-10(14)9(12)6-5-7-15-3/h9H,5-8,12H2,1-4H3,(H,13,14). The molecule has 0 heterocycles. The van der Waals surface area contributed by atoms with Crippen molar-refractivity contribution in [2.45, 2.75) is 38.3 Å². The molecule has 0 spiro atoms. The number of rotatable bonds is 8. The van der Waals surface area contributed by atoms with E-state index in [9.17, 15) is 4.79 Å². The molecule has 1 unspecified atom stereocenters. The fraction of sp³-hybridized carbons (Fsp3) is 0.909. The number of amides is 1. The molecule has 0 rings (SSSR count). The number of hydrogen-bond donors (Lipinski definition) is 2. The Morgan fingerprint density at radius 2 is 2.00 bits per heavy atom. The van der Waals surface area contributed by atoms with E-state index < -0.39 is 6.04 Å². The van der Waals surface area contributed by atoms with Gasteiger partial charge in [0, 0.05) is 20.8 Å².